The number of hydrogen-bond donors (Lipinski definition) is 0. The summed E-state index contributed by atoms with van der Waals surface area (Å²) in [5, 5.41) is 0. The molecule has 0 fully saturated rings. The average Bonchev–Trinajstić information content (AvgIpc) is 2.51. The van der Waals surface area contributed by atoms with E-state index in [1.54, 1.807) is 24.3 Å². The Balaban J connectivity index is 2.36. The summed E-state index contributed by atoms with van der Waals surface area (Å²) in [7, 11) is 0. The van der Waals surface area contributed by atoms with Gasteiger partial charge in [0.15, 0.2) is 0 Å². The number of hydrogen-bond acceptors (Lipinski definition) is 5. The van der Waals surface area contributed by atoms with Gasteiger partial charge in [0.1, 0.15) is 0 Å². The lowest BCUT2D eigenvalue weighted by Gasteiger charge is -2.07. The summed E-state index contributed by atoms with van der Waals surface area (Å²) in [5.41, 5.74) is 2.20. The van der Waals surface area contributed by atoms with Crippen molar-refractivity contribution >= 4 is 35.3 Å². The monoisotopic (exact) mass is 296 g/mol. The van der Waals surface area contributed by atoms with E-state index in [1.807, 2.05) is 37.3 Å². The normalized spacial score (nSPS) is 9.57. The van der Waals surface area contributed by atoms with Gasteiger partial charge in [0.05, 0.1) is 11.4 Å². The molecule has 2 aromatic carbocycles. The number of rotatable bonds is 5. The highest BCUT2D eigenvalue weighted by atomic mass is 32.2. The number of aryl methyl sites for hydroxylation is 1. The fourth-order valence-corrected chi connectivity index (χ4v) is 2.83. The first-order chi connectivity index (χ1) is 10.3. The van der Waals surface area contributed by atoms with Crippen molar-refractivity contribution in [3.63, 3.8) is 0 Å². The largest absolute Gasteiger partial charge is 0.240 e. The molecule has 5 heteroatoms. The molecule has 0 radical (unpaired) electrons. The van der Waals surface area contributed by atoms with Crippen LogP contribution in [-0.4, -0.2) is 12.2 Å². The van der Waals surface area contributed by atoms with Gasteiger partial charge in [0, 0.05) is 9.79 Å². The van der Waals surface area contributed by atoms with E-state index < -0.39 is 0 Å². The van der Waals surface area contributed by atoms with Gasteiger partial charge in [0.25, 0.3) is 0 Å². The number of para-hydroxylation sites is 1. The molecule has 0 atom stereocenters. The number of carbonyl (C=O) groups excluding carboxylic acids is 2. The van der Waals surface area contributed by atoms with Crippen molar-refractivity contribution in [1.82, 2.24) is 0 Å². The third-order valence-electron chi connectivity index (χ3n) is 2.86. The Morgan fingerprint density at radius 1 is 1.00 bits per heavy atom. The Morgan fingerprint density at radius 3 is 2.43 bits per heavy atom. The SMILES string of the molecule is CCc1cc(Sc2ccccc2N=C=O)ccc1N=C=O. The Kier molecular flexibility index (Phi) is 5.24. The van der Waals surface area contributed by atoms with Crippen molar-refractivity contribution in [2.75, 3.05) is 0 Å². The highest BCUT2D eigenvalue weighted by Crippen LogP contribution is 2.36. The standard InChI is InChI=1S/C16H12N2O2S/c1-2-12-9-13(7-8-14(12)17-10-19)21-16-6-4-3-5-15(16)18-11-20/h3-9H,2H2,1H3. The first-order valence-electron chi connectivity index (χ1n) is 6.34. The molecule has 0 aliphatic heterocycles. The first-order valence-corrected chi connectivity index (χ1v) is 7.15. The van der Waals surface area contributed by atoms with Gasteiger partial charge in [0.2, 0.25) is 12.2 Å². The van der Waals surface area contributed by atoms with E-state index in [-0.39, 0.29) is 0 Å². The summed E-state index contributed by atoms with van der Waals surface area (Å²) in [5.74, 6) is 0. The maximum atomic E-state index is 10.4. The summed E-state index contributed by atoms with van der Waals surface area (Å²) >= 11 is 1.50. The van der Waals surface area contributed by atoms with Gasteiger partial charge in [-0.15, -0.1) is 0 Å². The maximum absolute atomic E-state index is 10.4. The molecule has 21 heavy (non-hydrogen) atoms. The Morgan fingerprint density at radius 2 is 1.71 bits per heavy atom. The molecule has 104 valence electrons. The fourth-order valence-electron chi connectivity index (χ4n) is 1.88. The van der Waals surface area contributed by atoms with Crippen molar-refractivity contribution < 1.29 is 9.59 Å². The van der Waals surface area contributed by atoms with E-state index in [9.17, 15) is 9.59 Å². The third kappa shape index (κ3) is 3.77. The van der Waals surface area contributed by atoms with Crippen LogP contribution in [0.1, 0.15) is 12.5 Å². The zero-order valence-corrected chi connectivity index (χ0v) is 12.2. The van der Waals surface area contributed by atoms with Crippen LogP contribution in [0.25, 0.3) is 0 Å². The predicted octanol–water partition coefficient (Wildman–Crippen LogP) is 4.33. The van der Waals surface area contributed by atoms with Crippen molar-refractivity contribution in [2.45, 2.75) is 23.1 Å². The molecule has 0 saturated carbocycles. The molecule has 2 rings (SSSR count). The lowest BCUT2D eigenvalue weighted by atomic mass is 10.1. The molecule has 4 nitrogen and oxygen atoms in total. The minimum Gasteiger partial charge on any atom is -0.211 e. The smallest absolute Gasteiger partial charge is 0.211 e. The molecule has 0 aliphatic carbocycles. The van der Waals surface area contributed by atoms with E-state index in [4.69, 9.17) is 0 Å². The Labute approximate surface area is 126 Å². The molecular formula is C16H12N2O2S. The van der Waals surface area contributed by atoms with Crippen molar-refractivity contribution in [3.8, 4) is 0 Å². The molecular weight excluding hydrogens is 284 g/mol. The van der Waals surface area contributed by atoms with Gasteiger partial charge >= 0.3 is 0 Å². The molecule has 0 unspecified atom stereocenters. The van der Waals surface area contributed by atoms with Crippen LogP contribution in [0.3, 0.4) is 0 Å². The second kappa shape index (κ2) is 7.36. The minimum atomic E-state index is 0.588. The van der Waals surface area contributed by atoms with E-state index in [1.165, 1.54) is 11.8 Å². The number of benzene rings is 2. The van der Waals surface area contributed by atoms with Crippen LogP contribution in [0, 0.1) is 0 Å². The molecule has 0 aliphatic rings. The summed E-state index contributed by atoms with van der Waals surface area (Å²) in [6.07, 6.45) is 3.89. The highest BCUT2D eigenvalue weighted by Gasteiger charge is 2.06. The third-order valence-corrected chi connectivity index (χ3v) is 3.91. The molecule has 2 aromatic rings. The summed E-state index contributed by atoms with van der Waals surface area (Å²) < 4.78 is 0. The fraction of sp³-hybridized carbons (Fsp3) is 0.125. The van der Waals surface area contributed by atoms with Crippen LogP contribution in [0.15, 0.2) is 62.2 Å². The van der Waals surface area contributed by atoms with Crippen molar-refractivity contribution in [1.29, 1.82) is 0 Å². The van der Waals surface area contributed by atoms with E-state index >= 15 is 0 Å². The molecule has 0 spiro atoms. The summed E-state index contributed by atoms with van der Waals surface area (Å²) in [4.78, 5) is 30.1. The van der Waals surface area contributed by atoms with Crippen LogP contribution >= 0.6 is 11.8 Å². The molecule has 0 N–H and O–H groups in total. The average molecular weight is 296 g/mol. The predicted molar refractivity (Wildman–Crippen MR) is 81.9 cm³/mol. The van der Waals surface area contributed by atoms with E-state index in [0.717, 1.165) is 21.8 Å². The van der Waals surface area contributed by atoms with Gasteiger partial charge in [-0.2, -0.15) is 9.98 Å². The number of aliphatic imine (C=N–C) groups is 2. The topological polar surface area (TPSA) is 58.9 Å². The Bertz CT molecular complexity index is 746. The lowest BCUT2D eigenvalue weighted by Crippen LogP contribution is -1.83. The van der Waals surface area contributed by atoms with Crippen molar-refractivity contribution in [3.05, 3.63) is 48.0 Å². The van der Waals surface area contributed by atoms with Crippen LogP contribution in [0.5, 0.6) is 0 Å². The van der Waals surface area contributed by atoms with Crippen molar-refractivity contribution in [2.24, 2.45) is 9.98 Å². The van der Waals surface area contributed by atoms with Crippen LogP contribution in [-0.2, 0) is 16.0 Å². The number of isocyanates is 2. The van der Waals surface area contributed by atoms with Gasteiger partial charge in [-0.25, -0.2) is 9.59 Å². The molecule has 0 amide bonds. The number of nitrogens with zero attached hydrogens (tertiary/aromatic N) is 2. The second-order valence-corrected chi connectivity index (χ2v) is 5.24. The van der Waals surface area contributed by atoms with E-state index in [2.05, 4.69) is 9.98 Å². The summed E-state index contributed by atoms with van der Waals surface area (Å²) in [6.45, 7) is 2.00. The molecule has 0 heterocycles. The van der Waals surface area contributed by atoms with E-state index in [0.29, 0.717) is 11.4 Å². The molecule has 0 saturated heterocycles. The zero-order chi connectivity index (χ0) is 15.1. The Hall–Kier alpha value is -2.45. The second-order valence-electron chi connectivity index (χ2n) is 4.12. The first kappa shape index (κ1) is 14.9. The highest BCUT2D eigenvalue weighted by molar-refractivity contribution is 7.99. The van der Waals surface area contributed by atoms with Gasteiger partial charge in [-0.05, 0) is 42.3 Å². The maximum Gasteiger partial charge on any atom is 0.240 e. The zero-order valence-electron chi connectivity index (χ0n) is 11.4. The lowest BCUT2D eigenvalue weighted by molar-refractivity contribution is 0.564. The van der Waals surface area contributed by atoms with Crippen LogP contribution in [0.4, 0.5) is 11.4 Å². The molecule has 0 aromatic heterocycles. The van der Waals surface area contributed by atoms with Crippen LogP contribution in [0.2, 0.25) is 0 Å². The minimum absolute atomic E-state index is 0.588. The van der Waals surface area contributed by atoms with Gasteiger partial charge < -0.3 is 0 Å². The summed E-state index contributed by atoms with van der Waals surface area (Å²) in [6, 6.07) is 13.0. The van der Waals surface area contributed by atoms with Crippen LogP contribution < -0.4 is 0 Å². The quantitative estimate of drug-likeness (QED) is 0.609. The van der Waals surface area contributed by atoms with Gasteiger partial charge in [-0.1, -0.05) is 30.8 Å². The van der Waals surface area contributed by atoms with Gasteiger partial charge in [-0.3, -0.25) is 0 Å². The molecule has 0 bridgehead atoms.